The molecule has 0 aliphatic heterocycles. The summed E-state index contributed by atoms with van der Waals surface area (Å²) < 4.78 is 0. The quantitative estimate of drug-likeness (QED) is 0.122. The van der Waals surface area contributed by atoms with Crippen LogP contribution < -0.4 is 27.4 Å². The van der Waals surface area contributed by atoms with Gasteiger partial charge in [-0.3, -0.25) is 24.0 Å². The molecule has 4 atom stereocenters. The maximum absolute atomic E-state index is 13.1. The van der Waals surface area contributed by atoms with Crippen LogP contribution in [0.3, 0.4) is 0 Å². The van der Waals surface area contributed by atoms with E-state index in [1.54, 1.807) is 36.6 Å². The number of nitrogens with two attached hydrogens (primary N) is 2. The molecule has 4 amide bonds. The summed E-state index contributed by atoms with van der Waals surface area (Å²) in [5.74, 6) is -5.39. The topological polar surface area (TPSA) is 231 Å². The molecule has 0 aliphatic carbocycles. The number of aliphatic carboxylic acids is 2. The summed E-state index contributed by atoms with van der Waals surface area (Å²) in [7, 11) is 0. The third-order valence-electron chi connectivity index (χ3n) is 5.18. The van der Waals surface area contributed by atoms with E-state index in [-0.39, 0.29) is 25.7 Å². The minimum Gasteiger partial charge on any atom is -0.481 e. The van der Waals surface area contributed by atoms with Gasteiger partial charge >= 0.3 is 11.9 Å². The fourth-order valence-corrected chi connectivity index (χ4v) is 3.68. The molecule has 0 aromatic heterocycles. The molecule has 1 aromatic rings. The lowest BCUT2D eigenvalue weighted by atomic mass is 10.0. The predicted octanol–water partition coefficient (Wildman–Crippen LogP) is -1.41. The Hall–Kier alpha value is -3.65. The molecule has 0 fully saturated rings. The third-order valence-corrected chi connectivity index (χ3v) is 5.83. The fraction of sp³-hybridized carbons (Fsp3) is 0.478. The summed E-state index contributed by atoms with van der Waals surface area (Å²) in [5.41, 5.74) is 11.4. The van der Waals surface area contributed by atoms with Gasteiger partial charge in [-0.25, -0.2) is 4.79 Å². The predicted molar refractivity (Wildman–Crippen MR) is 135 cm³/mol. The molecular formula is C23H33N5O8S. The Kier molecular flexibility index (Phi) is 13.7. The molecule has 0 heterocycles. The van der Waals surface area contributed by atoms with Gasteiger partial charge in [0.2, 0.25) is 23.6 Å². The zero-order valence-electron chi connectivity index (χ0n) is 20.3. The lowest BCUT2D eigenvalue weighted by molar-refractivity contribution is -0.142. The molecule has 0 bridgehead atoms. The lowest BCUT2D eigenvalue weighted by Crippen LogP contribution is -2.57. The number of hydrogen-bond acceptors (Lipinski definition) is 8. The molecule has 1 rings (SSSR count). The first-order valence-corrected chi connectivity index (χ1v) is 12.8. The molecule has 14 heteroatoms. The van der Waals surface area contributed by atoms with Crippen LogP contribution in [0.25, 0.3) is 0 Å². The van der Waals surface area contributed by atoms with Gasteiger partial charge in [-0.05, 0) is 30.4 Å². The summed E-state index contributed by atoms with van der Waals surface area (Å²) in [6.45, 7) is 0. The minimum absolute atomic E-state index is 0.00228. The van der Waals surface area contributed by atoms with Crippen LogP contribution >= 0.6 is 11.8 Å². The minimum atomic E-state index is -1.46. The summed E-state index contributed by atoms with van der Waals surface area (Å²) in [6, 6.07) is 3.40. The largest absolute Gasteiger partial charge is 0.481 e. The molecule has 37 heavy (non-hydrogen) atoms. The number of benzene rings is 1. The zero-order valence-corrected chi connectivity index (χ0v) is 21.2. The number of amides is 4. The van der Waals surface area contributed by atoms with Crippen LogP contribution in [-0.2, 0) is 35.2 Å². The number of thioether (sulfide) groups is 1. The van der Waals surface area contributed by atoms with Crippen molar-refractivity contribution in [3.05, 3.63) is 35.9 Å². The average molecular weight is 540 g/mol. The van der Waals surface area contributed by atoms with Crippen LogP contribution in [0.15, 0.2) is 30.3 Å². The number of carbonyl (C=O) groups is 6. The van der Waals surface area contributed by atoms with Crippen molar-refractivity contribution >= 4 is 47.3 Å². The first kappa shape index (κ1) is 31.4. The first-order chi connectivity index (χ1) is 17.4. The van der Waals surface area contributed by atoms with Gasteiger partial charge in [0.05, 0.1) is 12.5 Å². The Bertz CT molecular complexity index is 962. The molecule has 0 aliphatic rings. The van der Waals surface area contributed by atoms with Crippen LogP contribution in [0.5, 0.6) is 0 Å². The highest BCUT2D eigenvalue weighted by Gasteiger charge is 2.31. The Labute approximate surface area is 218 Å². The van der Waals surface area contributed by atoms with E-state index in [2.05, 4.69) is 16.0 Å². The molecule has 204 valence electrons. The van der Waals surface area contributed by atoms with Gasteiger partial charge in [0.1, 0.15) is 18.1 Å². The summed E-state index contributed by atoms with van der Waals surface area (Å²) in [6.07, 6.45) is 0.731. The normalized spacial score (nSPS) is 13.9. The van der Waals surface area contributed by atoms with Gasteiger partial charge in [-0.15, -0.1) is 0 Å². The Morgan fingerprint density at radius 3 is 1.97 bits per heavy atom. The Balaban J connectivity index is 3.13. The maximum atomic E-state index is 13.1. The van der Waals surface area contributed by atoms with E-state index >= 15 is 0 Å². The molecule has 9 N–H and O–H groups in total. The number of nitrogens with one attached hydrogen (secondary N) is 3. The zero-order chi connectivity index (χ0) is 28.0. The summed E-state index contributed by atoms with van der Waals surface area (Å²) in [4.78, 5) is 72.2. The molecule has 0 spiro atoms. The van der Waals surface area contributed by atoms with Gasteiger partial charge < -0.3 is 37.6 Å². The van der Waals surface area contributed by atoms with E-state index in [0.29, 0.717) is 11.3 Å². The standard InChI is InChI=1S/C23H33N5O8S/c1-37-10-9-16(23(35)36)27-22(34)17(11-13-5-3-2-4-6-13)28-21(33)15(7-8-18(25)29)26-20(32)14(24)12-19(30)31/h2-6,14-17H,7-12,24H2,1H3,(H2,25,29)(H,26,32)(H,27,34)(H,28,33)(H,30,31)(H,35,36). The second-order valence-corrected chi connectivity index (χ2v) is 9.19. The highest BCUT2D eigenvalue weighted by atomic mass is 32.2. The Morgan fingerprint density at radius 1 is 0.865 bits per heavy atom. The van der Waals surface area contributed by atoms with Crippen molar-refractivity contribution in [2.45, 2.75) is 56.3 Å². The highest BCUT2D eigenvalue weighted by molar-refractivity contribution is 7.98. The third kappa shape index (κ3) is 12.2. The van der Waals surface area contributed by atoms with E-state index in [4.69, 9.17) is 16.6 Å². The van der Waals surface area contributed by atoms with Crippen molar-refractivity contribution in [3.8, 4) is 0 Å². The van der Waals surface area contributed by atoms with Crippen molar-refractivity contribution in [3.63, 3.8) is 0 Å². The van der Waals surface area contributed by atoms with Gasteiger partial charge in [0, 0.05) is 12.8 Å². The smallest absolute Gasteiger partial charge is 0.326 e. The number of carboxylic acid groups (broad SMARTS) is 2. The van der Waals surface area contributed by atoms with Crippen molar-refractivity contribution in [1.29, 1.82) is 0 Å². The molecule has 0 saturated heterocycles. The van der Waals surface area contributed by atoms with Gasteiger partial charge in [-0.1, -0.05) is 30.3 Å². The number of carbonyl (C=O) groups excluding carboxylic acids is 4. The van der Waals surface area contributed by atoms with Crippen molar-refractivity contribution in [1.82, 2.24) is 16.0 Å². The molecular weight excluding hydrogens is 506 g/mol. The molecule has 13 nitrogen and oxygen atoms in total. The van der Waals surface area contributed by atoms with E-state index in [1.807, 2.05) is 0 Å². The first-order valence-electron chi connectivity index (χ1n) is 11.4. The Morgan fingerprint density at radius 2 is 1.43 bits per heavy atom. The SMILES string of the molecule is CSCCC(NC(=O)C(Cc1ccccc1)NC(=O)C(CCC(N)=O)NC(=O)C(N)CC(=O)O)C(=O)O. The molecule has 0 radical (unpaired) electrons. The summed E-state index contributed by atoms with van der Waals surface area (Å²) in [5, 5.41) is 25.6. The molecule has 1 aromatic carbocycles. The van der Waals surface area contributed by atoms with Crippen LogP contribution in [-0.4, -0.2) is 82.0 Å². The summed E-state index contributed by atoms with van der Waals surface area (Å²) >= 11 is 1.41. The second kappa shape index (κ2) is 16.2. The van der Waals surface area contributed by atoms with Gasteiger partial charge in [-0.2, -0.15) is 11.8 Å². The van der Waals surface area contributed by atoms with Crippen LogP contribution in [0.4, 0.5) is 0 Å². The van der Waals surface area contributed by atoms with E-state index in [0.717, 1.165) is 0 Å². The van der Waals surface area contributed by atoms with Crippen molar-refractivity contribution in [2.75, 3.05) is 12.0 Å². The molecule has 4 unspecified atom stereocenters. The highest BCUT2D eigenvalue weighted by Crippen LogP contribution is 2.08. The van der Waals surface area contributed by atoms with Crippen molar-refractivity contribution in [2.24, 2.45) is 11.5 Å². The number of primary amides is 1. The number of carboxylic acids is 2. The van der Waals surface area contributed by atoms with Crippen LogP contribution in [0.2, 0.25) is 0 Å². The van der Waals surface area contributed by atoms with E-state index in [1.165, 1.54) is 11.8 Å². The monoisotopic (exact) mass is 539 g/mol. The molecule has 0 saturated carbocycles. The van der Waals surface area contributed by atoms with Crippen molar-refractivity contribution < 1.29 is 39.0 Å². The fourth-order valence-electron chi connectivity index (χ4n) is 3.21. The number of rotatable bonds is 17. The number of hydrogen-bond donors (Lipinski definition) is 7. The van der Waals surface area contributed by atoms with Gasteiger partial charge in [0.15, 0.2) is 0 Å². The average Bonchev–Trinajstić information content (AvgIpc) is 2.83. The van der Waals surface area contributed by atoms with Crippen LogP contribution in [0.1, 0.15) is 31.2 Å². The van der Waals surface area contributed by atoms with E-state index in [9.17, 15) is 33.9 Å². The van der Waals surface area contributed by atoms with Gasteiger partial charge in [0.25, 0.3) is 0 Å². The lowest BCUT2D eigenvalue weighted by Gasteiger charge is -2.25. The second-order valence-electron chi connectivity index (χ2n) is 8.20. The van der Waals surface area contributed by atoms with Crippen LogP contribution in [0, 0.1) is 0 Å². The van der Waals surface area contributed by atoms with E-state index < -0.39 is 66.2 Å². The maximum Gasteiger partial charge on any atom is 0.326 e.